The zero-order valence-electron chi connectivity index (χ0n) is 15.7. The van der Waals surface area contributed by atoms with Crippen molar-refractivity contribution in [3.05, 3.63) is 53.1 Å². The van der Waals surface area contributed by atoms with E-state index in [2.05, 4.69) is 19.2 Å². The number of para-hydroxylation sites is 2. The molecule has 1 heterocycles. The molecule has 0 saturated heterocycles. The lowest BCUT2D eigenvalue weighted by Gasteiger charge is -2.26. The van der Waals surface area contributed by atoms with Gasteiger partial charge >= 0.3 is 0 Å². The Bertz CT molecular complexity index is 801. The van der Waals surface area contributed by atoms with Crippen molar-refractivity contribution in [1.82, 2.24) is 5.32 Å². The van der Waals surface area contributed by atoms with E-state index in [1.54, 1.807) is 7.11 Å². The van der Waals surface area contributed by atoms with Crippen molar-refractivity contribution < 1.29 is 19.0 Å². The van der Waals surface area contributed by atoms with E-state index in [0.717, 1.165) is 22.6 Å². The van der Waals surface area contributed by atoms with E-state index >= 15 is 0 Å². The average Bonchev–Trinajstić information content (AvgIpc) is 2.65. The van der Waals surface area contributed by atoms with Crippen molar-refractivity contribution in [1.29, 1.82) is 0 Å². The molecule has 1 aliphatic rings. The fourth-order valence-electron chi connectivity index (χ4n) is 3.04. The van der Waals surface area contributed by atoms with Crippen LogP contribution in [0.4, 0.5) is 0 Å². The van der Waals surface area contributed by atoms with Crippen molar-refractivity contribution in [3.63, 3.8) is 0 Å². The molecule has 5 heteroatoms. The first-order chi connectivity index (χ1) is 12.5. The van der Waals surface area contributed by atoms with Crippen molar-refractivity contribution in [2.75, 3.05) is 20.3 Å². The van der Waals surface area contributed by atoms with Crippen LogP contribution in [-0.4, -0.2) is 32.3 Å². The maximum atomic E-state index is 12.7. The van der Waals surface area contributed by atoms with Gasteiger partial charge in [-0.15, -0.1) is 0 Å². The molecule has 2 aromatic rings. The van der Waals surface area contributed by atoms with Gasteiger partial charge in [-0.3, -0.25) is 4.79 Å². The third-order valence-electron chi connectivity index (χ3n) is 4.50. The molecule has 1 unspecified atom stereocenters. The Kier molecular flexibility index (Phi) is 5.35. The van der Waals surface area contributed by atoms with Gasteiger partial charge < -0.3 is 19.5 Å². The van der Waals surface area contributed by atoms with Crippen LogP contribution < -0.4 is 19.5 Å². The van der Waals surface area contributed by atoms with Crippen molar-refractivity contribution in [3.8, 4) is 17.2 Å². The van der Waals surface area contributed by atoms with E-state index in [1.807, 2.05) is 43.3 Å². The molecule has 0 aliphatic carbocycles. The third kappa shape index (κ3) is 3.77. The number of aryl methyl sites for hydroxylation is 1. The summed E-state index contributed by atoms with van der Waals surface area (Å²) in [5.41, 5.74) is 2.57. The monoisotopic (exact) mass is 355 g/mol. The Morgan fingerprint density at radius 1 is 1.27 bits per heavy atom. The number of carbonyl (C=O) groups excluding carboxylic acids is 1. The van der Waals surface area contributed by atoms with Crippen LogP contribution in [0.15, 0.2) is 36.4 Å². The third-order valence-corrected chi connectivity index (χ3v) is 4.50. The Morgan fingerprint density at radius 3 is 2.69 bits per heavy atom. The predicted octanol–water partition coefficient (Wildman–Crippen LogP) is 3.70. The molecule has 5 nitrogen and oxygen atoms in total. The van der Waals surface area contributed by atoms with Crippen molar-refractivity contribution in [2.24, 2.45) is 0 Å². The lowest BCUT2D eigenvalue weighted by atomic mass is 9.96. The number of methoxy groups -OCH3 is 1. The summed E-state index contributed by atoms with van der Waals surface area (Å²) in [6.45, 7) is 6.88. The van der Waals surface area contributed by atoms with E-state index in [0.29, 0.717) is 24.5 Å². The van der Waals surface area contributed by atoms with Gasteiger partial charge in [-0.1, -0.05) is 26.0 Å². The molecule has 138 valence electrons. The standard InChI is InChI=1S/C21H25NO4/c1-13(2)16-10-17(14(3)9-20(16)24-4)21(23)22-11-15-12-25-18-7-5-6-8-19(18)26-15/h5-10,13,15H,11-12H2,1-4H3,(H,22,23). The number of nitrogens with one attached hydrogen (secondary N) is 1. The van der Waals surface area contributed by atoms with Gasteiger partial charge in [-0.05, 0) is 48.2 Å². The summed E-state index contributed by atoms with van der Waals surface area (Å²) in [6.07, 6.45) is -0.211. The molecule has 0 fully saturated rings. The number of ether oxygens (including phenoxy) is 3. The van der Waals surface area contributed by atoms with Gasteiger partial charge in [0.15, 0.2) is 11.5 Å². The smallest absolute Gasteiger partial charge is 0.251 e. The molecule has 1 amide bonds. The molecular formula is C21H25NO4. The normalized spacial score (nSPS) is 15.7. The Labute approximate surface area is 154 Å². The Hall–Kier alpha value is -2.69. The average molecular weight is 355 g/mol. The molecule has 0 aromatic heterocycles. The topological polar surface area (TPSA) is 56.8 Å². The van der Waals surface area contributed by atoms with Crippen molar-refractivity contribution >= 4 is 5.91 Å². The number of carbonyl (C=O) groups is 1. The Morgan fingerprint density at radius 2 is 2.00 bits per heavy atom. The van der Waals surface area contributed by atoms with Crippen LogP contribution >= 0.6 is 0 Å². The van der Waals surface area contributed by atoms with Gasteiger partial charge in [0.25, 0.3) is 5.91 Å². The lowest BCUT2D eigenvalue weighted by Crippen LogP contribution is -2.40. The fraction of sp³-hybridized carbons (Fsp3) is 0.381. The summed E-state index contributed by atoms with van der Waals surface area (Å²) in [6, 6.07) is 11.4. The maximum absolute atomic E-state index is 12.7. The summed E-state index contributed by atoms with van der Waals surface area (Å²) < 4.78 is 17.0. The maximum Gasteiger partial charge on any atom is 0.251 e. The highest BCUT2D eigenvalue weighted by Gasteiger charge is 2.22. The van der Waals surface area contributed by atoms with Gasteiger partial charge in [0.1, 0.15) is 18.5 Å². The minimum atomic E-state index is -0.211. The summed E-state index contributed by atoms with van der Waals surface area (Å²) in [4.78, 5) is 12.7. The molecule has 0 bridgehead atoms. The molecule has 0 radical (unpaired) electrons. The number of hydrogen-bond acceptors (Lipinski definition) is 4. The zero-order chi connectivity index (χ0) is 18.7. The largest absolute Gasteiger partial charge is 0.496 e. The van der Waals surface area contributed by atoms with E-state index in [-0.39, 0.29) is 17.9 Å². The van der Waals surface area contributed by atoms with E-state index in [9.17, 15) is 4.79 Å². The first kappa shape index (κ1) is 18.1. The molecule has 1 aliphatic heterocycles. The zero-order valence-corrected chi connectivity index (χ0v) is 15.7. The number of benzene rings is 2. The summed E-state index contributed by atoms with van der Waals surface area (Å²) in [5, 5.41) is 2.96. The second-order valence-corrected chi connectivity index (χ2v) is 6.77. The van der Waals surface area contributed by atoms with Gasteiger partial charge in [-0.2, -0.15) is 0 Å². The molecule has 0 saturated carbocycles. The minimum Gasteiger partial charge on any atom is -0.496 e. The number of amides is 1. The molecule has 2 aromatic carbocycles. The van der Waals surface area contributed by atoms with E-state index in [1.165, 1.54) is 0 Å². The molecular weight excluding hydrogens is 330 g/mol. The van der Waals surface area contributed by atoms with Crippen LogP contribution in [0.5, 0.6) is 17.2 Å². The first-order valence-corrected chi connectivity index (χ1v) is 8.84. The first-order valence-electron chi connectivity index (χ1n) is 8.84. The molecule has 3 rings (SSSR count). The minimum absolute atomic E-state index is 0.116. The quantitative estimate of drug-likeness (QED) is 0.889. The predicted molar refractivity (Wildman–Crippen MR) is 101 cm³/mol. The van der Waals surface area contributed by atoms with E-state index < -0.39 is 0 Å². The summed E-state index contributed by atoms with van der Waals surface area (Å²) in [7, 11) is 1.65. The van der Waals surface area contributed by atoms with Gasteiger partial charge in [-0.25, -0.2) is 0 Å². The SMILES string of the molecule is COc1cc(C)c(C(=O)NCC2COc3ccccc3O2)cc1C(C)C. The molecule has 0 spiro atoms. The second kappa shape index (κ2) is 7.68. The van der Waals surface area contributed by atoms with Crippen molar-refractivity contribution in [2.45, 2.75) is 32.8 Å². The number of rotatable bonds is 5. The van der Waals surface area contributed by atoms with Gasteiger partial charge in [0, 0.05) is 5.56 Å². The van der Waals surface area contributed by atoms with Crippen LogP contribution in [0.25, 0.3) is 0 Å². The molecule has 26 heavy (non-hydrogen) atoms. The summed E-state index contributed by atoms with van der Waals surface area (Å²) in [5.74, 6) is 2.41. The molecule has 1 N–H and O–H groups in total. The van der Waals surface area contributed by atoms with Gasteiger partial charge in [0.05, 0.1) is 13.7 Å². The van der Waals surface area contributed by atoms with Crippen LogP contribution in [0.2, 0.25) is 0 Å². The van der Waals surface area contributed by atoms with Crippen LogP contribution in [-0.2, 0) is 0 Å². The molecule has 1 atom stereocenters. The second-order valence-electron chi connectivity index (χ2n) is 6.77. The Balaban J connectivity index is 1.68. The summed E-state index contributed by atoms with van der Waals surface area (Å²) >= 11 is 0. The lowest BCUT2D eigenvalue weighted by molar-refractivity contribution is 0.0789. The highest BCUT2D eigenvalue weighted by Crippen LogP contribution is 2.31. The highest BCUT2D eigenvalue weighted by molar-refractivity contribution is 5.96. The highest BCUT2D eigenvalue weighted by atomic mass is 16.6. The van der Waals surface area contributed by atoms with Crippen LogP contribution in [0.1, 0.15) is 41.3 Å². The van der Waals surface area contributed by atoms with Crippen LogP contribution in [0.3, 0.4) is 0 Å². The fourth-order valence-corrected chi connectivity index (χ4v) is 3.04. The van der Waals surface area contributed by atoms with Crippen LogP contribution in [0, 0.1) is 6.92 Å². The number of fused-ring (bicyclic) bond motifs is 1. The van der Waals surface area contributed by atoms with Gasteiger partial charge in [0.2, 0.25) is 0 Å². The van der Waals surface area contributed by atoms with E-state index in [4.69, 9.17) is 14.2 Å². The number of hydrogen-bond donors (Lipinski definition) is 1.